The zero-order chi connectivity index (χ0) is 25.0. The number of halogens is 3. The smallest absolute Gasteiger partial charge is 0.283 e. The predicted molar refractivity (Wildman–Crippen MR) is 124 cm³/mol. The van der Waals surface area contributed by atoms with Gasteiger partial charge < -0.3 is 5.32 Å². The maximum atomic E-state index is 15.0. The molecule has 34 heavy (non-hydrogen) atoms. The number of hydrogen-bond donors (Lipinski definition) is 2. The molecular formula is C23H26F3N5O2S. The molecule has 1 aromatic carbocycles. The molecule has 0 aliphatic carbocycles. The van der Waals surface area contributed by atoms with Crippen LogP contribution >= 0.6 is 0 Å². The molecule has 7 nitrogen and oxygen atoms in total. The fourth-order valence-corrected chi connectivity index (χ4v) is 4.22. The Morgan fingerprint density at radius 1 is 1.09 bits per heavy atom. The van der Waals surface area contributed by atoms with Gasteiger partial charge in [-0.2, -0.15) is 12.8 Å². The Hall–Kier alpha value is -3.18. The summed E-state index contributed by atoms with van der Waals surface area (Å²) in [5.41, 5.74) is 1.40. The second-order valence-electron chi connectivity index (χ2n) is 8.11. The minimum absolute atomic E-state index is 0.0141. The van der Waals surface area contributed by atoms with Crippen molar-refractivity contribution in [2.24, 2.45) is 0 Å². The summed E-state index contributed by atoms with van der Waals surface area (Å²) in [6.07, 6.45) is 1.16. The molecular weight excluding hydrogens is 467 g/mol. The molecule has 3 aromatic rings. The summed E-state index contributed by atoms with van der Waals surface area (Å²) in [6, 6.07) is 8.60. The molecule has 0 atom stereocenters. The third-order valence-electron chi connectivity index (χ3n) is 5.41. The van der Waals surface area contributed by atoms with Gasteiger partial charge in [-0.3, -0.25) is 9.62 Å². The molecule has 0 unspecified atom stereocenters. The molecule has 0 bridgehead atoms. The molecule has 0 aliphatic rings. The molecule has 0 radical (unpaired) electrons. The Balaban J connectivity index is 1.83. The highest BCUT2D eigenvalue weighted by Gasteiger charge is 2.25. The van der Waals surface area contributed by atoms with E-state index >= 15 is 0 Å². The number of sulfonamides is 1. The van der Waals surface area contributed by atoms with Crippen molar-refractivity contribution in [1.29, 1.82) is 0 Å². The number of anilines is 2. The fourth-order valence-electron chi connectivity index (χ4n) is 3.16. The summed E-state index contributed by atoms with van der Waals surface area (Å²) in [5.74, 6) is -2.68. The Kier molecular flexibility index (Phi) is 7.78. The van der Waals surface area contributed by atoms with Crippen LogP contribution in [0.1, 0.15) is 30.5 Å². The van der Waals surface area contributed by atoms with Crippen molar-refractivity contribution < 1.29 is 21.6 Å². The van der Waals surface area contributed by atoms with Crippen molar-refractivity contribution in [2.75, 3.05) is 17.1 Å². The summed E-state index contributed by atoms with van der Waals surface area (Å²) in [4.78, 5) is 9.21. The topological polar surface area (TPSA) is 87.2 Å². The number of aromatic nitrogens is 2. The molecule has 0 saturated heterocycles. The lowest BCUT2D eigenvalue weighted by atomic mass is 10.1. The van der Waals surface area contributed by atoms with Gasteiger partial charge in [-0.15, -0.1) is 0 Å². The second kappa shape index (κ2) is 10.4. The van der Waals surface area contributed by atoms with Crippen LogP contribution < -0.4 is 10.0 Å². The maximum absolute atomic E-state index is 15.0. The van der Waals surface area contributed by atoms with Gasteiger partial charge in [0, 0.05) is 30.3 Å². The SMILES string of the molecule is Cc1c(NCc2c(F)cccc2CN(C)C(C)C)cnc(S(=O)(=O)Nc2cccc(F)n2)c1F. The largest absolute Gasteiger partial charge is 0.379 e. The van der Waals surface area contributed by atoms with Crippen molar-refractivity contribution in [2.45, 2.75) is 44.9 Å². The molecule has 0 aliphatic heterocycles. The molecule has 3 rings (SSSR count). The maximum Gasteiger partial charge on any atom is 0.283 e. The number of pyridine rings is 2. The highest BCUT2D eigenvalue weighted by Crippen LogP contribution is 2.25. The molecule has 2 N–H and O–H groups in total. The van der Waals surface area contributed by atoms with E-state index in [4.69, 9.17) is 0 Å². The lowest BCUT2D eigenvalue weighted by molar-refractivity contribution is 0.264. The van der Waals surface area contributed by atoms with Crippen LogP contribution in [0.4, 0.5) is 24.7 Å². The van der Waals surface area contributed by atoms with E-state index in [-0.39, 0.29) is 29.7 Å². The molecule has 0 amide bonds. The van der Waals surface area contributed by atoms with Crippen LogP contribution in [0.15, 0.2) is 47.6 Å². The van der Waals surface area contributed by atoms with Gasteiger partial charge in [-0.25, -0.2) is 18.7 Å². The van der Waals surface area contributed by atoms with Crippen molar-refractivity contribution in [3.63, 3.8) is 0 Å². The van der Waals surface area contributed by atoms with E-state index in [9.17, 15) is 21.6 Å². The first-order valence-electron chi connectivity index (χ1n) is 10.5. The van der Waals surface area contributed by atoms with Crippen LogP contribution in [0.25, 0.3) is 0 Å². The van der Waals surface area contributed by atoms with Crippen LogP contribution in [0.3, 0.4) is 0 Å². The van der Waals surface area contributed by atoms with E-state index in [2.05, 4.69) is 20.2 Å². The molecule has 11 heteroatoms. The minimum atomic E-state index is -4.46. The number of hydrogen-bond acceptors (Lipinski definition) is 6. The number of nitrogens with zero attached hydrogens (tertiary/aromatic N) is 3. The van der Waals surface area contributed by atoms with Crippen LogP contribution in [0.5, 0.6) is 0 Å². The highest BCUT2D eigenvalue weighted by atomic mass is 32.2. The van der Waals surface area contributed by atoms with Gasteiger partial charge in [-0.05, 0) is 51.6 Å². The van der Waals surface area contributed by atoms with Crippen LogP contribution in [0, 0.1) is 24.5 Å². The third-order valence-corrected chi connectivity index (χ3v) is 6.68. The van der Waals surface area contributed by atoms with E-state index in [0.717, 1.165) is 17.8 Å². The summed E-state index contributed by atoms with van der Waals surface area (Å²) in [7, 11) is -2.53. The van der Waals surface area contributed by atoms with E-state index in [1.165, 1.54) is 25.1 Å². The van der Waals surface area contributed by atoms with Crippen LogP contribution in [0.2, 0.25) is 0 Å². The Bertz CT molecular complexity index is 1290. The summed E-state index contributed by atoms with van der Waals surface area (Å²) in [6.45, 7) is 6.02. The van der Waals surface area contributed by atoms with Crippen LogP contribution in [-0.2, 0) is 23.1 Å². The quantitative estimate of drug-likeness (QED) is 0.428. The Morgan fingerprint density at radius 2 is 1.79 bits per heavy atom. The van der Waals surface area contributed by atoms with Gasteiger partial charge in [0.1, 0.15) is 11.6 Å². The zero-order valence-electron chi connectivity index (χ0n) is 19.2. The van der Waals surface area contributed by atoms with Gasteiger partial charge in [0.15, 0.2) is 5.82 Å². The minimum Gasteiger partial charge on any atom is -0.379 e. The Morgan fingerprint density at radius 3 is 2.47 bits per heavy atom. The van der Waals surface area contributed by atoms with Crippen molar-refractivity contribution >= 4 is 21.5 Å². The second-order valence-corrected chi connectivity index (χ2v) is 9.70. The zero-order valence-corrected chi connectivity index (χ0v) is 20.0. The standard InChI is InChI=1S/C23H26F3N5O2S/c1-14(2)31(4)13-16-7-5-8-18(24)17(16)11-27-19-12-28-23(22(26)15(19)3)34(32,33)30-21-10-6-9-20(25)29-21/h5-10,12,14,27H,11,13H2,1-4H3,(H,29,30). The van der Waals surface area contributed by atoms with E-state index < -0.39 is 32.6 Å². The first-order chi connectivity index (χ1) is 16.0. The first-order valence-corrected chi connectivity index (χ1v) is 12.0. The van der Waals surface area contributed by atoms with Gasteiger partial charge >= 0.3 is 0 Å². The van der Waals surface area contributed by atoms with Gasteiger partial charge in [0.2, 0.25) is 11.0 Å². The highest BCUT2D eigenvalue weighted by molar-refractivity contribution is 7.92. The Labute approximate surface area is 197 Å². The molecule has 182 valence electrons. The molecule has 0 saturated carbocycles. The van der Waals surface area contributed by atoms with Crippen molar-refractivity contribution in [1.82, 2.24) is 14.9 Å². The van der Waals surface area contributed by atoms with Gasteiger partial charge in [-0.1, -0.05) is 18.2 Å². The van der Waals surface area contributed by atoms with Crippen molar-refractivity contribution in [3.05, 3.63) is 76.9 Å². The lowest BCUT2D eigenvalue weighted by Gasteiger charge is -2.23. The van der Waals surface area contributed by atoms with E-state index in [1.54, 1.807) is 6.07 Å². The molecule has 0 fully saturated rings. The lowest BCUT2D eigenvalue weighted by Crippen LogP contribution is -2.26. The predicted octanol–water partition coefficient (Wildman–Crippen LogP) is 4.46. The fraction of sp³-hybridized carbons (Fsp3) is 0.304. The van der Waals surface area contributed by atoms with Gasteiger partial charge in [0.25, 0.3) is 10.0 Å². The van der Waals surface area contributed by atoms with Gasteiger partial charge in [0.05, 0.1) is 11.9 Å². The number of nitrogens with one attached hydrogen (secondary N) is 2. The molecule has 0 spiro atoms. The van der Waals surface area contributed by atoms with Crippen molar-refractivity contribution in [3.8, 4) is 0 Å². The average Bonchev–Trinajstić information content (AvgIpc) is 2.75. The monoisotopic (exact) mass is 493 g/mol. The van der Waals surface area contributed by atoms with Crippen LogP contribution in [-0.4, -0.2) is 36.4 Å². The summed E-state index contributed by atoms with van der Waals surface area (Å²) in [5, 5.41) is 2.10. The average molecular weight is 494 g/mol. The summed E-state index contributed by atoms with van der Waals surface area (Å²) < 4.78 is 70.0. The number of benzene rings is 1. The first kappa shape index (κ1) is 25.4. The normalized spacial score (nSPS) is 11.8. The third kappa shape index (κ3) is 5.84. The van der Waals surface area contributed by atoms with E-state index in [0.29, 0.717) is 12.1 Å². The summed E-state index contributed by atoms with van der Waals surface area (Å²) >= 11 is 0. The molecule has 2 heterocycles. The number of rotatable bonds is 9. The van der Waals surface area contributed by atoms with E-state index in [1.807, 2.05) is 31.7 Å². The molecule has 2 aromatic heterocycles.